The van der Waals surface area contributed by atoms with Crippen molar-refractivity contribution in [3.05, 3.63) is 130 Å². The molecular weight excluding hydrogens is 563 g/mol. The van der Waals surface area contributed by atoms with Gasteiger partial charge in [0, 0.05) is 18.3 Å². The number of benzene rings is 3. The van der Waals surface area contributed by atoms with Crippen LogP contribution in [0.2, 0.25) is 5.02 Å². The predicted molar refractivity (Wildman–Crippen MR) is 135 cm³/mol. The van der Waals surface area contributed by atoms with Crippen molar-refractivity contribution >= 4 is 23.3 Å². The summed E-state index contributed by atoms with van der Waals surface area (Å²) in [6, 6.07) is 15.9. The van der Waals surface area contributed by atoms with E-state index in [0.717, 1.165) is 18.2 Å². The van der Waals surface area contributed by atoms with Gasteiger partial charge in [0.05, 0.1) is 21.8 Å². The molecule has 4 aromatic rings. The van der Waals surface area contributed by atoms with Gasteiger partial charge in [-0.2, -0.15) is 26.3 Å². The number of carbonyl (C=O) groups excluding carboxylic acids is 1. The number of hydrogen-bond donors (Lipinski definition) is 2. The summed E-state index contributed by atoms with van der Waals surface area (Å²) in [4.78, 5) is 17.6. The third-order valence-electron chi connectivity index (χ3n) is 5.97. The third-order valence-corrected chi connectivity index (χ3v) is 6.19. The number of alkyl halides is 6. The molecule has 4 rings (SSSR count). The standard InChI is InChI=1S/C28H19ClF7N3O/c29-21-9-10-24(37-16-21)26(15-17-5-2-1-3-6-17,18-7-4-8-19(11-18)27(31,32)33)39-25(40)38-23-13-20(28(34,35)36)12-22(30)14-23/h1-14,16H,15H2,(H2,38,39,40). The number of halogens is 8. The molecule has 0 aliphatic heterocycles. The number of rotatable bonds is 6. The first-order chi connectivity index (χ1) is 18.8. The van der Waals surface area contributed by atoms with Gasteiger partial charge in [0.25, 0.3) is 0 Å². The van der Waals surface area contributed by atoms with E-state index in [9.17, 15) is 35.5 Å². The minimum absolute atomic E-state index is 0.0219. The van der Waals surface area contributed by atoms with Gasteiger partial charge < -0.3 is 10.6 Å². The summed E-state index contributed by atoms with van der Waals surface area (Å²) in [6.45, 7) is 0. The Balaban J connectivity index is 1.85. The Morgan fingerprint density at radius 3 is 2.08 bits per heavy atom. The zero-order valence-electron chi connectivity index (χ0n) is 20.2. The van der Waals surface area contributed by atoms with Crippen LogP contribution in [0, 0.1) is 5.82 Å². The average molecular weight is 582 g/mol. The van der Waals surface area contributed by atoms with Crippen LogP contribution >= 0.6 is 11.6 Å². The fourth-order valence-corrected chi connectivity index (χ4v) is 4.31. The summed E-state index contributed by atoms with van der Waals surface area (Å²) in [5, 5.41) is 4.99. The minimum Gasteiger partial charge on any atom is -0.322 e. The number of pyridine rings is 1. The van der Waals surface area contributed by atoms with Crippen molar-refractivity contribution in [1.82, 2.24) is 10.3 Å². The van der Waals surface area contributed by atoms with Crippen LogP contribution in [0.3, 0.4) is 0 Å². The molecule has 0 radical (unpaired) electrons. The van der Waals surface area contributed by atoms with E-state index in [1.807, 2.05) is 0 Å². The normalized spacial score (nSPS) is 13.4. The lowest BCUT2D eigenvalue weighted by molar-refractivity contribution is -0.138. The number of aromatic nitrogens is 1. The molecule has 0 aliphatic rings. The first-order valence-electron chi connectivity index (χ1n) is 11.6. The number of hydrogen-bond acceptors (Lipinski definition) is 2. The number of carbonyl (C=O) groups is 1. The Kier molecular flexibility index (Phi) is 8.06. The molecule has 4 nitrogen and oxygen atoms in total. The van der Waals surface area contributed by atoms with E-state index < -0.39 is 46.6 Å². The molecular formula is C28H19ClF7N3O. The highest BCUT2D eigenvalue weighted by Crippen LogP contribution is 2.37. The second-order valence-electron chi connectivity index (χ2n) is 8.81. The maximum atomic E-state index is 14.0. The lowest BCUT2D eigenvalue weighted by Crippen LogP contribution is -2.50. The van der Waals surface area contributed by atoms with Gasteiger partial charge in [-0.3, -0.25) is 4.98 Å². The Morgan fingerprint density at radius 1 is 0.775 bits per heavy atom. The zero-order chi connectivity index (χ0) is 29.1. The first-order valence-corrected chi connectivity index (χ1v) is 11.9. The lowest BCUT2D eigenvalue weighted by Gasteiger charge is -2.36. The lowest BCUT2D eigenvalue weighted by atomic mass is 9.80. The summed E-state index contributed by atoms with van der Waals surface area (Å²) in [5.74, 6) is -1.25. The van der Waals surface area contributed by atoms with Crippen LogP contribution in [-0.2, 0) is 24.3 Å². The van der Waals surface area contributed by atoms with E-state index >= 15 is 0 Å². The maximum absolute atomic E-state index is 14.0. The largest absolute Gasteiger partial charge is 0.416 e. The smallest absolute Gasteiger partial charge is 0.322 e. The maximum Gasteiger partial charge on any atom is 0.416 e. The fourth-order valence-electron chi connectivity index (χ4n) is 4.19. The van der Waals surface area contributed by atoms with Gasteiger partial charge in [-0.15, -0.1) is 0 Å². The van der Waals surface area contributed by atoms with Crippen LogP contribution < -0.4 is 10.6 Å². The number of anilines is 1. The molecule has 0 aliphatic carbocycles. The molecule has 0 saturated heterocycles. The van der Waals surface area contributed by atoms with Crippen LogP contribution in [-0.4, -0.2) is 11.0 Å². The van der Waals surface area contributed by atoms with Gasteiger partial charge in [0.1, 0.15) is 11.4 Å². The highest BCUT2D eigenvalue weighted by molar-refractivity contribution is 6.30. The van der Waals surface area contributed by atoms with E-state index in [4.69, 9.17) is 11.6 Å². The molecule has 0 fully saturated rings. The van der Waals surface area contributed by atoms with E-state index in [1.54, 1.807) is 30.3 Å². The number of nitrogens with zero attached hydrogens (tertiary/aromatic N) is 1. The van der Waals surface area contributed by atoms with Crippen LogP contribution in [0.1, 0.15) is 27.9 Å². The summed E-state index contributed by atoms with van der Waals surface area (Å²) >= 11 is 5.99. The topological polar surface area (TPSA) is 54.0 Å². The molecule has 1 heterocycles. The highest BCUT2D eigenvalue weighted by atomic mass is 35.5. The van der Waals surface area contributed by atoms with Gasteiger partial charge in [0.2, 0.25) is 0 Å². The van der Waals surface area contributed by atoms with Crippen LogP contribution in [0.4, 0.5) is 41.2 Å². The van der Waals surface area contributed by atoms with Gasteiger partial charge in [-0.1, -0.05) is 54.1 Å². The molecule has 3 aromatic carbocycles. The van der Waals surface area contributed by atoms with Crippen molar-refractivity contribution < 1.29 is 35.5 Å². The van der Waals surface area contributed by atoms with E-state index in [0.29, 0.717) is 17.7 Å². The minimum atomic E-state index is -4.89. The Labute approximate surface area is 228 Å². The predicted octanol–water partition coefficient (Wildman–Crippen LogP) is 8.22. The molecule has 12 heteroatoms. The van der Waals surface area contributed by atoms with Crippen LogP contribution in [0.15, 0.2) is 91.1 Å². The van der Waals surface area contributed by atoms with E-state index in [2.05, 4.69) is 15.6 Å². The van der Waals surface area contributed by atoms with Gasteiger partial charge >= 0.3 is 18.4 Å². The third kappa shape index (κ3) is 6.71. The molecule has 0 spiro atoms. The number of urea groups is 1. The number of amides is 2. The van der Waals surface area contributed by atoms with Crippen molar-refractivity contribution in [1.29, 1.82) is 0 Å². The molecule has 0 saturated carbocycles. The molecule has 1 aromatic heterocycles. The second kappa shape index (κ2) is 11.2. The van der Waals surface area contributed by atoms with Crippen molar-refractivity contribution in [2.75, 3.05) is 5.32 Å². The van der Waals surface area contributed by atoms with Gasteiger partial charge in [-0.05, 0) is 53.6 Å². The molecule has 2 amide bonds. The molecule has 0 bridgehead atoms. The van der Waals surface area contributed by atoms with Gasteiger partial charge in [-0.25, -0.2) is 9.18 Å². The van der Waals surface area contributed by atoms with E-state index in [-0.39, 0.29) is 28.8 Å². The van der Waals surface area contributed by atoms with Crippen molar-refractivity contribution in [2.24, 2.45) is 0 Å². The first kappa shape index (κ1) is 28.9. The summed E-state index contributed by atoms with van der Waals surface area (Å²) in [5.41, 5.74) is -3.99. The monoisotopic (exact) mass is 581 g/mol. The van der Waals surface area contributed by atoms with Crippen LogP contribution in [0.25, 0.3) is 0 Å². The summed E-state index contributed by atoms with van der Waals surface area (Å²) in [7, 11) is 0. The summed E-state index contributed by atoms with van der Waals surface area (Å²) in [6.07, 6.45) is -8.49. The van der Waals surface area contributed by atoms with Gasteiger partial charge in [0.15, 0.2) is 0 Å². The highest BCUT2D eigenvalue weighted by Gasteiger charge is 2.40. The van der Waals surface area contributed by atoms with Crippen LogP contribution in [0.5, 0.6) is 0 Å². The average Bonchev–Trinajstić information content (AvgIpc) is 2.88. The Bertz CT molecular complexity index is 1490. The quantitative estimate of drug-likeness (QED) is 0.225. The molecule has 208 valence electrons. The molecule has 1 unspecified atom stereocenters. The SMILES string of the molecule is O=C(Nc1cc(F)cc(C(F)(F)F)c1)NC(Cc1ccccc1)(c1cccc(C(F)(F)F)c1)c1ccc(Cl)cn1. The van der Waals surface area contributed by atoms with Crippen molar-refractivity contribution in [2.45, 2.75) is 24.3 Å². The second-order valence-corrected chi connectivity index (χ2v) is 9.25. The van der Waals surface area contributed by atoms with Crippen molar-refractivity contribution in [3.63, 3.8) is 0 Å². The summed E-state index contributed by atoms with van der Waals surface area (Å²) < 4.78 is 94.7. The molecule has 1 atom stereocenters. The zero-order valence-corrected chi connectivity index (χ0v) is 21.0. The fraction of sp³-hybridized carbons (Fsp3) is 0.143. The van der Waals surface area contributed by atoms with E-state index in [1.165, 1.54) is 24.4 Å². The molecule has 40 heavy (non-hydrogen) atoms. The molecule has 2 N–H and O–H groups in total. The number of nitrogens with one attached hydrogen (secondary N) is 2. The Hall–Kier alpha value is -4.12. The van der Waals surface area contributed by atoms with Crippen molar-refractivity contribution in [3.8, 4) is 0 Å². The Morgan fingerprint density at radius 2 is 1.45 bits per heavy atom.